The van der Waals surface area contributed by atoms with E-state index in [2.05, 4.69) is 51.5 Å². The van der Waals surface area contributed by atoms with Crippen molar-refractivity contribution >= 4 is 8.32 Å². The number of rotatable bonds is 13. The first-order chi connectivity index (χ1) is 18.0. The fraction of sp³-hybridized carbons (Fsp3) is 0.467. The van der Waals surface area contributed by atoms with E-state index in [4.69, 9.17) is 18.6 Å². The zero-order chi connectivity index (χ0) is 27.9. The molecule has 0 aliphatic rings. The molecule has 0 aliphatic carbocycles. The quantitative estimate of drug-likeness (QED) is 0.227. The number of phenolic OH excluding ortho intramolecular Hbond substituents is 1. The highest BCUT2D eigenvalue weighted by Crippen LogP contribution is 2.42. The first-order valence-corrected chi connectivity index (χ1v) is 15.4. The van der Waals surface area contributed by atoms with Crippen LogP contribution in [0.4, 0.5) is 0 Å². The lowest BCUT2D eigenvalue weighted by molar-refractivity contribution is 0.130. The summed E-state index contributed by atoms with van der Waals surface area (Å²) in [6, 6.07) is 14.4. The Kier molecular flexibility index (Phi) is 10.2. The Labute approximate surface area is 228 Å². The van der Waals surface area contributed by atoms with E-state index < -0.39 is 8.32 Å². The summed E-state index contributed by atoms with van der Waals surface area (Å²) in [6.45, 7) is 16.5. The van der Waals surface area contributed by atoms with Crippen LogP contribution in [0, 0.1) is 0 Å². The molecule has 7 nitrogen and oxygen atoms in total. The smallest absolute Gasteiger partial charge is 0.217 e. The van der Waals surface area contributed by atoms with Crippen molar-refractivity contribution in [3.63, 3.8) is 0 Å². The molecular formula is C30H42N2O5Si. The Morgan fingerprint density at radius 1 is 0.842 bits per heavy atom. The normalized spacial score (nSPS) is 12.7. The second kappa shape index (κ2) is 13.1. The van der Waals surface area contributed by atoms with Gasteiger partial charge in [-0.3, -0.25) is 0 Å². The first-order valence-electron chi connectivity index (χ1n) is 13.3. The monoisotopic (exact) mass is 538 g/mol. The third-order valence-electron chi connectivity index (χ3n) is 6.94. The van der Waals surface area contributed by atoms with Gasteiger partial charge in [0.2, 0.25) is 14.2 Å². The Bertz CT molecular complexity index is 1150. The molecule has 0 spiro atoms. The minimum Gasteiger partial charge on any atom is -0.508 e. The molecule has 1 atom stereocenters. The van der Waals surface area contributed by atoms with Crippen molar-refractivity contribution in [3.05, 3.63) is 60.3 Å². The Hall–Kier alpha value is -3.10. The topological polar surface area (TPSA) is 82.9 Å². The van der Waals surface area contributed by atoms with Gasteiger partial charge < -0.3 is 23.7 Å². The number of hydrogen-bond donors (Lipinski definition) is 1. The highest BCUT2D eigenvalue weighted by Gasteiger charge is 2.45. The number of ether oxygens (including phenoxy) is 3. The maximum absolute atomic E-state index is 10.4. The van der Waals surface area contributed by atoms with Gasteiger partial charge in [0, 0.05) is 23.9 Å². The fourth-order valence-corrected chi connectivity index (χ4v) is 10.8. The zero-order valence-electron chi connectivity index (χ0n) is 23.9. The van der Waals surface area contributed by atoms with E-state index in [1.54, 1.807) is 31.5 Å². The summed E-state index contributed by atoms with van der Waals surface area (Å²) in [5.74, 6) is 2.29. The number of hydrogen-bond acceptors (Lipinski definition) is 7. The lowest BCUT2D eigenvalue weighted by atomic mass is 10.2. The van der Waals surface area contributed by atoms with Gasteiger partial charge >= 0.3 is 0 Å². The van der Waals surface area contributed by atoms with Crippen molar-refractivity contribution in [1.82, 2.24) is 9.97 Å². The van der Waals surface area contributed by atoms with Crippen LogP contribution in [0.2, 0.25) is 16.6 Å². The molecule has 0 bridgehead atoms. The largest absolute Gasteiger partial charge is 0.508 e. The van der Waals surface area contributed by atoms with Crippen LogP contribution in [0.1, 0.15) is 54.0 Å². The van der Waals surface area contributed by atoms with E-state index in [-0.39, 0.29) is 11.9 Å². The summed E-state index contributed by atoms with van der Waals surface area (Å²) in [6.07, 6.45) is 1.45. The molecular weight excluding hydrogens is 496 g/mol. The number of methoxy groups -OCH3 is 1. The molecule has 0 aliphatic heterocycles. The van der Waals surface area contributed by atoms with Crippen LogP contribution >= 0.6 is 0 Å². The van der Waals surface area contributed by atoms with Crippen molar-refractivity contribution in [1.29, 1.82) is 0 Å². The number of aromatic hydroxyl groups is 1. The molecule has 0 unspecified atom stereocenters. The molecule has 2 aromatic carbocycles. The molecule has 0 radical (unpaired) electrons. The van der Waals surface area contributed by atoms with Gasteiger partial charge in [-0.15, -0.1) is 0 Å². The highest BCUT2D eigenvalue weighted by atomic mass is 28.4. The van der Waals surface area contributed by atoms with Crippen molar-refractivity contribution in [3.8, 4) is 34.5 Å². The summed E-state index contributed by atoms with van der Waals surface area (Å²) in [7, 11) is -0.358. The molecule has 3 rings (SSSR count). The van der Waals surface area contributed by atoms with Gasteiger partial charge in [0.1, 0.15) is 30.0 Å². The van der Waals surface area contributed by atoms with Gasteiger partial charge in [-0.05, 0) is 53.4 Å². The van der Waals surface area contributed by atoms with Crippen LogP contribution in [-0.2, 0) is 11.0 Å². The lowest BCUT2D eigenvalue weighted by Crippen LogP contribution is -2.49. The van der Waals surface area contributed by atoms with Crippen LogP contribution in [-0.4, -0.2) is 43.2 Å². The summed E-state index contributed by atoms with van der Waals surface area (Å²) in [5, 5.41) is 10.4. The lowest BCUT2D eigenvalue weighted by Gasteiger charge is -2.42. The molecule has 0 saturated carbocycles. The molecule has 206 valence electrons. The molecule has 38 heavy (non-hydrogen) atoms. The van der Waals surface area contributed by atoms with Gasteiger partial charge in [-0.1, -0.05) is 53.7 Å². The van der Waals surface area contributed by atoms with E-state index in [9.17, 15) is 5.11 Å². The number of phenols is 1. The minimum absolute atomic E-state index is 0.0778. The van der Waals surface area contributed by atoms with Gasteiger partial charge in [0.05, 0.1) is 13.7 Å². The molecule has 1 N–H and O–H groups in total. The van der Waals surface area contributed by atoms with E-state index >= 15 is 0 Å². The SMILES string of the molecule is COc1ccc(COc2ccnc(-c3cc(O)cc(O[C@@H](C)CO[Si](C(C)C)(C(C)C)C(C)C)c3)n2)cc1. The summed E-state index contributed by atoms with van der Waals surface area (Å²) in [4.78, 5) is 8.92. The van der Waals surface area contributed by atoms with E-state index in [1.807, 2.05) is 37.3 Å². The maximum atomic E-state index is 10.4. The molecule has 0 fully saturated rings. The molecule has 8 heteroatoms. The van der Waals surface area contributed by atoms with Gasteiger partial charge in [0.15, 0.2) is 5.82 Å². The highest BCUT2D eigenvalue weighted by molar-refractivity contribution is 6.77. The van der Waals surface area contributed by atoms with Crippen molar-refractivity contribution < 1.29 is 23.7 Å². The summed E-state index contributed by atoms with van der Waals surface area (Å²) < 4.78 is 23.9. The van der Waals surface area contributed by atoms with Gasteiger partial charge in [-0.25, -0.2) is 4.98 Å². The third-order valence-corrected chi connectivity index (χ3v) is 13.0. The first kappa shape index (κ1) is 29.5. The average Bonchev–Trinajstić information content (AvgIpc) is 2.87. The Morgan fingerprint density at radius 3 is 2.11 bits per heavy atom. The predicted octanol–water partition coefficient (Wildman–Crippen LogP) is 7.40. The van der Waals surface area contributed by atoms with E-state index in [0.717, 1.165) is 11.3 Å². The van der Waals surface area contributed by atoms with Crippen molar-refractivity contribution in [2.24, 2.45) is 0 Å². The van der Waals surface area contributed by atoms with Crippen LogP contribution in [0.25, 0.3) is 11.4 Å². The summed E-state index contributed by atoms with van der Waals surface area (Å²) >= 11 is 0. The molecule has 0 amide bonds. The molecule has 1 aromatic heterocycles. The third kappa shape index (κ3) is 7.26. The average molecular weight is 539 g/mol. The van der Waals surface area contributed by atoms with Crippen LogP contribution in [0.5, 0.6) is 23.1 Å². The van der Waals surface area contributed by atoms with Gasteiger partial charge in [-0.2, -0.15) is 4.98 Å². The number of benzene rings is 2. The summed E-state index contributed by atoms with van der Waals surface area (Å²) in [5.41, 5.74) is 3.13. The molecule has 1 heterocycles. The van der Waals surface area contributed by atoms with Crippen LogP contribution in [0.15, 0.2) is 54.7 Å². The van der Waals surface area contributed by atoms with Crippen molar-refractivity contribution in [2.45, 2.75) is 77.8 Å². The molecule has 3 aromatic rings. The Morgan fingerprint density at radius 2 is 1.50 bits per heavy atom. The van der Waals surface area contributed by atoms with Crippen LogP contribution in [0.3, 0.4) is 0 Å². The second-order valence-corrected chi connectivity index (χ2v) is 16.1. The predicted molar refractivity (Wildman–Crippen MR) is 154 cm³/mol. The zero-order valence-corrected chi connectivity index (χ0v) is 24.9. The van der Waals surface area contributed by atoms with E-state index in [0.29, 0.717) is 52.9 Å². The van der Waals surface area contributed by atoms with Crippen molar-refractivity contribution in [2.75, 3.05) is 13.7 Å². The second-order valence-electron chi connectivity index (χ2n) is 10.6. The van der Waals surface area contributed by atoms with Gasteiger partial charge in [0.25, 0.3) is 0 Å². The number of nitrogens with zero attached hydrogens (tertiary/aromatic N) is 2. The number of aromatic nitrogens is 2. The van der Waals surface area contributed by atoms with E-state index in [1.165, 1.54) is 0 Å². The molecule has 0 saturated heterocycles. The van der Waals surface area contributed by atoms with Crippen LogP contribution < -0.4 is 14.2 Å². The maximum Gasteiger partial charge on any atom is 0.217 e. The Balaban J connectivity index is 1.70. The minimum atomic E-state index is -2.00. The standard InChI is InChI=1S/C30H42N2O5Si/c1-20(2)38(21(3)4,22(5)6)36-18-23(7)37-28-16-25(15-26(33)17-28)30-31-14-13-29(32-30)35-19-24-9-11-27(34-8)12-10-24/h9-17,20-23,33H,18-19H2,1-8H3/t23-/m0/s1. The fourth-order valence-electron chi connectivity index (χ4n) is 5.25.